The summed E-state index contributed by atoms with van der Waals surface area (Å²) in [4.78, 5) is 24.7. The first-order chi connectivity index (χ1) is 15.1. The van der Waals surface area contributed by atoms with Crippen molar-refractivity contribution < 1.29 is 14.6 Å². The van der Waals surface area contributed by atoms with Gasteiger partial charge in [-0.2, -0.15) is 0 Å². The first-order valence-electron chi connectivity index (χ1n) is 9.86. The second-order valence-corrected chi connectivity index (χ2v) is 7.10. The Balaban J connectivity index is 1.46. The van der Waals surface area contributed by atoms with E-state index in [2.05, 4.69) is 15.0 Å². The number of pyridine rings is 2. The monoisotopic (exact) mass is 414 g/mol. The number of para-hydroxylation sites is 1. The third kappa shape index (κ3) is 4.72. The fraction of sp³-hybridized carbons (Fsp3) is 0.125. The van der Waals surface area contributed by atoms with E-state index in [4.69, 9.17) is 4.74 Å². The molecule has 7 heteroatoms. The van der Waals surface area contributed by atoms with Gasteiger partial charge in [-0.05, 0) is 42.3 Å². The molecule has 1 aromatic carbocycles. The van der Waals surface area contributed by atoms with Crippen LogP contribution < -0.4 is 9.64 Å². The largest absolute Gasteiger partial charge is 0.490 e. The van der Waals surface area contributed by atoms with Crippen LogP contribution in [0.2, 0.25) is 0 Å². The number of rotatable bonds is 7. The van der Waals surface area contributed by atoms with Crippen molar-refractivity contribution in [3.63, 3.8) is 0 Å². The van der Waals surface area contributed by atoms with Gasteiger partial charge in [-0.3, -0.25) is 14.9 Å². The number of hydrogen-bond donors (Lipinski definition) is 2. The molecular formula is C24H22N4O3. The number of fused-ring (bicyclic) bond motifs is 1. The molecule has 0 aliphatic heterocycles. The van der Waals surface area contributed by atoms with Crippen molar-refractivity contribution in [2.75, 3.05) is 11.5 Å². The summed E-state index contributed by atoms with van der Waals surface area (Å²) in [5.74, 6) is 0.577. The van der Waals surface area contributed by atoms with Crippen LogP contribution in [0.1, 0.15) is 18.1 Å². The minimum Gasteiger partial charge on any atom is -0.490 e. The van der Waals surface area contributed by atoms with Gasteiger partial charge < -0.3 is 14.8 Å². The molecular weight excluding hydrogens is 392 g/mol. The Bertz CT molecular complexity index is 1200. The summed E-state index contributed by atoms with van der Waals surface area (Å²) < 4.78 is 5.88. The predicted octanol–water partition coefficient (Wildman–Crippen LogP) is 5.08. The number of benzene rings is 1. The maximum Gasteiger partial charge on any atom is 0.412 e. The number of H-pyrrole nitrogens is 1. The lowest BCUT2D eigenvalue weighted by Crippen LogP contribution is -2.41. The highest BCUT2D eigenvalue weighted by atomic mass is 16.5. The van der Waals surface area contributed by atoms with Crippen LogP contribution in [0.5, 0.6) is 5.75 Å². The van der Waals surface area contributed by atoms with Crippen molar-refractivity contribution in [2.24, 2.45) is 0 Å². The lowest BCUT2D eigenvalue weighted by atomic mass is 10.2. The molecule has 0 fully saturated rings. The number of hydrogen-bond acceptors (Lipinski definition) is 4. The molecule has 2 N–H and O–H groups in total. The standard InChI is InChI=1S/C24H22N4O3/c1-17(28(24(29)30)23-15-27-22-5-3-2-4-21(22)23)16-31-20-12-19(13-26-14-20)7-6-18-8-10-25-11-9-18/h2-15,17,27H,16H2,1H3,(H,29,30). The van der Waals surface area contributed by atoms with Crippen LogP contribution >= 0.6 is 0 Å². The Hall–Kier alpha value is -4.13. The van der Waals surface area contributed by atoms with E-state index in [1.807, 2.05) is 61.5 Å². The number of nitrogens with one attached hydrogen (secondary N) is 1. The second kappa shape index (κ2) is 9.13. The quantitative estimate of drug-likeness (QED) is 0.440. The SMILES string of the molecule is CC(COc1cncc(C=Cc2ccncc2)c1)N(C(=O)O)c1c[nH]c2ccccc12. The molecule has 3 heterocycles. The fourth-order valence-corrected chi connectivity index (χ4v) is 3.35. The van der Waals surface area contributed by atoms with Crippen molar-refractivity contribution in [1.29, 1.82) is 0 Å². The van der Waals surface area contributed by atoms with E-state index in [9.17, 15) is 9.90 Å². The van der Waals surface area contributed by atoms with Gasteiger partial charge >= 0.3 is 6.09 Å². The van der Waals surface area contributed by atoms with Gasteiger partial charge in [-0.25, -0.2) is 4.79 Å². The lowest BCUT2D eigenvalue weighted by molar-refractivity contribution is 0.194. The number of ether oxygens (including phenoxy) is 1. The zero-order chi connectivity index (χ0) is 21.6. The number of aromatic nitrogens is 3. The van der Waals surface area contributed by atoms with Crippen molar-refractivity contribution in [2.45, 2.75) is 13.0 Å². The molecule has 3 aromatic heterocycles. The molecule has 1 amide bonds. The molecule has 0 aliphatic rings. The number of anilines is 1. The average Bonchev–Trinajstić information content (AvgIpc) is 3.21. The Kier molecular flexibility index (Phi) is 5.93. The van der Waals surface area contributed by atoms with Gasteiger partial charge in [0, 0.05) is 35.7 Å². The second-order valence-electron chi connectivity index (χ2n) is 7.10. The van der Waals surface area contributed by atoms with Crippen molar-refractivity contribution >= 4 is 34.8 Å². The van der Waals surface area contributed by atoms with E-state index in [0.29, 0.717) is 11.4 Å². The van der Waals surface area contributed by atoms with Crippen LogP contribution in [0.15, 0.2) is 73.4 Å². The fourth-order valence-electron chi connectivity index (χ4n) is 3.35. The highest BCUT2D eigenvalue weighted by molar-refractivity contribution is 6.00. The summed E-state index contributed by atoms with van der Waals surface area (Å²) in [6.45, 7) is 2.00. The normalized spacial score (nSPS) is 12.2. The van der Waals surface area contributed by atoms with Gasteiger partial charge in [0.2, 0.25) is 0 Å². The van der Waals surface area contributed by atoms with Crippen molar-refractivity contribution in [1.82, 2.24) is 15.0 Å². The topological polar surface area (TPSA) is 91.3 Å². The molecule has 0 radical (unpaired) electrons. The summed E-state index contributed by atoms with van der Waals surface area (Å²) >= 11 is 0. The van der Waals surface area contributed by atoms with Crippen LogP contribution in [0, 0.1) is 0 Å². The number of carboxylic acid groups (broad SMARTS) is 1. The van der Waals surface area contributed by atoms with E-state index in [-0.39, 0.29) is 6.61 Å². The smallest absolute Gasteiger partial charge is 0.412 e. The third-order valence-electron chi connectivity index (χ3n) is 4.87. The number of amides is 1. The first-order valence-corrected chi connectivity index (χ1v) is 9.86. The van der Waals surface area contributed by atoms with E-state index < -0.39 is 12.1 Å². The van der Waals surface area contributed by atoms with Gasteiger partial charge in [0.05, 0.1) is 17.9 Å². The summed E-state index contributed by atoms with van der Waals surface area (Å²) in [5, 5.41) is 10.7. The van der Waals surface area contributed by atoms with Crippen molar-refractivity contribution in [3.05, 3.63) is 84.6 Å². The Morgan fingerprint density at radius 3 is 2.71 bits per heavy atom. The summed E-state index contributed by atoms with van der Waals surface area (Å²) in [7, 11) is 0. The van der Waals surface area contributed by atoms with Crippen LogP contribution in [0.25, 0.3) is 23.1 Å². The zero-order valence-electron chi connectivity index (χ0n) is 17.0. The molecule has 0 saturated carbocycles. The van der Waals surface area contributed by atoms with E-state index in [1.54, 1.807) is 31.0 Å². The molecule has 1 unspecified atom stereocenters. The molecule has 156 valence electrons. The molecule has 7 nitrogen and oxygen atoms in total. The van der Waals surface area contributed by atoms with Gasteiger partial charge in [0.15, 0.2) is 0 Å². The highest BCUT2D eigenvalue weighted by Crippen LogP contribution is 2.28. The van der Waals surface area contributed by atoms with Gasteiger partial charge in [0.1, 0.15) is 12.4 Å². The van der Waals surface area contributed by atoms with Crippen molar-refractivity contribution in [3.8, 4) is 5.75 Å². The van der Waals surface area contributed by atoms with E-state index >= 15 is 0 Å². The molecule has 4 rings (SSSR count). The van der Waals surface area contributed by atoms with E-state index in [0.717, 1.165) is 22.0 Å². The summed E-state index contributed by atoms with van der Waals surface area (Å²) in [6, 6.07) is 12.9. The summed E-state index contributed by atoms with van der Waals surface area (Å²) in [5.41, 5.74) is 3.40. The van der Waals surface area contributed by atoms with Gasteiger partial charge in [-0.15, -0.1) is 0 Å². The maximum atomic E-state index is 12.0. The van der Waals surface area contributed by atoms with E-state index in [1.165, 1.54) is 4.90 Å². The Morgan fingerprint density at radius 1 is 1.13 bits per heavy atom. The number of carbonyl (C=O) groups is 1. The highest BCUT2D eigenvalue weighted by Gasteiger charge is 2.24. The Morgan fingerprint density at radius 2 is 1.90 bits per heavy atom. The maximum absolute atomic E-state index is 12.0. The number of aromatic amines is 1. The third-order valence-corrected chi connectivity index (χ3v) is 4.87. The molecule has 0 aliphatic carbocycles. The minimum atomic E-state index is -1.03. The minimum absolute atomic E-state index is 0.186. The Labute approximate surface area is 179 Å². The van der Waals surface area contributed by atoms with Gasteiger partial charge in [-0.1, -0.05) is 30.4 Å². The van der Waals surface area contributed by atoms with Crippen LogP contribution in [0.3, 0.4) is 0 Å². The molecule has 0 bridgehead atoms. The molecule has 31 heavy (non-hydrogen) atoms. The van der Waals surface area contributed by atoms with Crippen LogP contribution in [0.4, 0.5) is 10.5 Å². The zero-order valence-corrected chi connectivity index (χ0v) is 17.0. The first kappa shape index (κ1) is 20.2. The lowest BCUT2D eigenvalue weighted by Gasteiger charge is -2.26. The van der Waals surface area contributed by atoms with Gasteiger partial charge in [0.25, 0.3) is 0 Å². The molecule has 1 atom stereocenters. The average molecular weight is 414 g/mol. The van der Waals surface area contributed by atoms with Crippen LogP contribution in [-0.2, 0) is 0 Å². The molecule has 0 saturated heterocycles. The molecule has 4 aromatic rings. The summed E-state index contributed by atoms with van der Waals surface area (Å²) in [6.07, 6.45) is 11.4. The predicted molar refractivity (Wildman–Crippen MR) is 121 cm³/mol. The number of nitrogens with zero attached hydrogens (tertiary/aromatic N) is 3. The van der Waals surface area contributed by atoms with Crippen LogP contribution in [-0.4, -0.2) is 38.8 Å². The molecule has 0 spiro atoms.